The predicted octanol–water partition coefficient (Wildman–Crippen LogP) is 3.40. The number of likely N-dealkylation sites (tertiary alicyclic amines) is 2. The quantitative estimate of drug-likeness (QED) is 0.202. The molecule has 7 rings (SSSR count). The van der Waals surface area contributed by atoms with Gasteiger partial charge in [0.1, 0.15) is 23.7 Å². The van der Waals surface area contributed by atoms with E-state index in [-0.39, 0.29) is 46.6 Å². The van der Waals surface area contributed by atoms with Crippen LogP contribution in [0.4, 0.5) is 0 Å². The standard InChI is InChI=1S/C45H73N7O8S/c1-10-30-26-45(30,39(57)49-61(58,59)50-21-13-14-22-50)48-36(54)32-27-44(41(7,8)43(44)17-15-18-43)28-52(32)38(56)34(42(9)19-24-60-25-20-42)47-37(55)33(40(4,5)6)46-35(53)31-16-11-12-23-51(31)29(2)3/h10,29-34H,1,11-28H2,2-9H3,(H,46,53)(H,47,55)(H,48,54)(H,49,57)/t30-,31+,32+,33-,34-,44-,45-/m1/s1. The summed E-state index contributed by atoms with van der Waals surface area (Å²) in [5, 5.41) is 9.28. The molecule has 2 spiro atoms. The van der Waals surface area contributed by atoms with Gasteiger partial charge in [0.2, 0.25) is 23.6 Å². The summed E-state index contributed by atoms with van der Waals surface area (Å²) in [6, 6.07) is -3.20. The first kappa shape index (κ1) is 45.9. The Kier molecular flexibility index (Phi) is 12.2. The third kappa shape index (κ3) is 7.74. The first-order chi connectivity index (χ1) is 28.5. The van der Waals surface area contributed by atoms with Crippen molar-refractivity contribution in [2.75, 3.05) is 39.4 Å². The summed E-state index contributed by atoms with van der Waals surface area (Å²) >= 11 is 0. The number of piperidine rings is 1. The molecular weight excluding hydrogens is 799 g/mol. The van der Waals surface area contributed by atoms with Crippen LogP contribution in [0.2, 0.25) is 0 Å². The van der Waals surface area contributed by atoms with E-state index in [4.69, 9.17) is 4.74 Å². The van der Waals surface area contributed by atoms with E-state index in [0.717, 1.165) is 38.6 Å². The van der Waals surface area contributed by atoms with Gasteiger partial charge in [-0.15, -0.1) is 6.58 Å². The summed E-state index contributed by atoms with van der Waals surface area (Å²) in [4.78, 5) is 77.1. The number of nitrogens with zero attached hydrogens (tertiary/aromatic N) is 3. The molecule has 0 aromatic heterocycles. The first-order valence-electron chi connectivity index (χ1n) is 23.0. The van der Waals surface area contributed by atoms with Crippen molar-refractivity contribution in [3.8, 4) is 0 Å². The number of ether oxygens (including phenoxy) is 1. The minimum atomic E-state index is -4.12. The molecule has 342 valence electrons. The van der Waals surface area contributed by atoms with E-state index < -0.39 is 68.3 Å². The number of rotatable bonds is 13. The Bertz CT molecular complexity index is 1880. The average Bonchev–Trinajstić information content (AvgIpc) is 3.63. The van der Waals surface area contributed by atoms with Crippen molar-refractivity contribution in [1.82, 2.24) is 34.8 Å². The monoisotopic (exact) mass is 872 g/mol. The normalized spacial score (nSPS) is 32.7. The van der Waals surface area contributed by atoms with Crippen LogP contribution in [-0.2, 0) is 38.9 Å². The molecule has 3 aliphatic carbocycles. The Morgan fingerprint density at radius 3 is 2.00 bits per heavy atom. The topological polar surface area (TPSA) is 187 Å². The van der Waals surface area contributed by atoms with Gasteiger partial charge in [-0.2, -0.15) is 12.7 Å². The number of amides is 5. The Hall–Kier alpha value is -3.08. The van der Waals surface area contributed by atoms with Crippen LogP contribution in [0.3, 0.4) is 0 Å². The number of carbonyl (C=O) groups is 5. The third-order valence-electron chi connectivity index (χ3n) is 16.9. The maximum atomic E-state index is 15.6. The summed E-state index contributed by atoms with van der Waals surface area (Å²) in [5.41, 5.74) is -3.55. The Balaban J connectivity index is 1.19. The van der Waals surface area contributed by atoms with E-state index in [9.17, 15) is 27.6 Å². The lowest BCUT2D eigenvalue weighted by Gasteiger charge is -2.43. The van der Waals surface area contributed by atoms with Gasteiger partial charge < -0.3 is 25.6 Å². The molecule has 16 heteroatoms. The second kappa shape index (κ2) is 16.2. The summed E-state index contributed by atoms with van der Waals surface area (Å²) in [5.74, 6) is -2.88. The average molecular weight is 872 g/mol. The van der Waals surface area contributed by atoms with Crippen LogP contribution in [0.5, 0.6) is 0 Å². The maximum absolute atomic E-state index is 15.6. The number of hydrogen-bond acceptors (Lipinski definition) is 9. The summed E-state index contributed by atoms with van der Waals surface area (Å²) in [6.07, 6.45) is 10.2. The smallest absolute Gasteiger partial charge is 0.303 e. The molecule has 0 radical (unpaired) electrons. The lowest BCUT2D eigenvalue weighted by Crippen LogP contribution is -2.65. The Morgan fingerprint density at radius 2 is 1.46 bits per heavy atom. The summed E-state index contributed by atoms with van der Waals surface area (Å²) in [6.45, 7) is 22.7. The van der Waals surface area contributed by atoms with E-state index in [2.05, 4.69) is 59.8 Å². The molecule has 0 bridgehead atoms. The number of fused-ring (bicyclic) bond motifs is 1. The molecule has 4 saturated heterocycles. The zero-order chi connectivity index (χ0) is 44.6. The molecule has 7 atom stereocenters. The van der Waals surface area contributed by atoms with Crippen molar-refractivity contribution in [3.05, 3.63) is 12.7 Å². The van der Waals surface area contributed by atoms with E-state index in [0.29, 0.717) is 71.4 Å². The molecule has 5 amide bonds. The SMILES string of the molecule is C=C[C@@H]1C[C@]1(NC(=O)[C@@H]1C[C@@]2(CN1C(=O)[C@@H](NC(=O)[C@@H](NC(=O)[C@@H]1CCCCN1C(C)C)C(C)(C)C)C1(C)CCOCC1)C(C)(C)C21CCC1)C(=O)NS(=O)(=O)N1CCCC1. The van der Waals surface area contributed by atoms with Gasteiger partial charge in [0.15, 0.2) is 0 Å². The lowest BCUT2D eigenvalue weighted by molar-refractivity contribution is -0.148. The van der Waals surface area contributed by atoms with Crippen LogP contribution < -0.4 is 20.7 Å². The minimum absolute atomic E-state index is 0.0401. The minimum Gasteiger partial charge on any atom is -0.381 e. The Labute approximate surface area is 363 Å². The molecule has 61 heavy (non-hydrogen) atoms. The van der Waals surface area contributed by atoms with Crippen LogP contribution in [0.15, 0.2) is 12.7 Å². The van der Waals surface area contributed by atoms with Crippen molar-refractivity contribution in [2.45, 2.75) is 168 Å². The highest BCUT2D eigenvalue weighted by molar-refractivity contribution is 7.87. The summed E-state index contributed by atoms with van der Waals surface area (Å²) < 4.78 is 35.7. The highest BCUT2D eigenvalue weighted by atomic mass is 32.2. The van der Waals surface area contributed by atoms with Gasteiger partial charge in [0, 0.05) is 55.6 Å². The third-order valence-corrected chi connectivity index (χ3v) is 18.4. The van der Waals surface area contributed by atoms with Crippen molar-refractivity contribution in [2.24, 2.45) is 33.0 Å². The van der Waals surface area contributed by atoms with Crippen LogP contribution in [0.1, 0.15) is 132 Å². The fourth-order valence-electron chi connectivity index (χ4n) is 12.4. The second-order valence-corrected chi connectivity index (χ2v) is 23.4. The van der Waals surface area contributed by atoms with Gasteiger partial charge in [-0.25, -0.2) is 4.72 Å². The predicted molar refractivity (Wildman–Crippen MR) is 231 cm³/mol. The molecule has 0 aromatic rings. The lowest BCUT2D eigenvalue weighted by atomic mass is 9.73. The fraction of sp³-hybridized carbons (Fsp3) is 0.844. The second-order valence-electron chi connectivity index (χ2n) is 21.7. The maximum Gasteiger partial charge on any atom is 0.303 e. The molecule has 7 fully saturated rings. The van der Waals surface area contributed by atoms with Crippen LogP contribution in [0.25, 0.3) is 0 Å². The van der Waals surface area contributed by atoms with Crippen LogP contribution >= 0.6 is 0 Å². The number of carbonyl (C=O) groups excluding carboxylic acids is 5. The van der Waals surface area contributed by atoms with E-state index in [1.165, 1.54) is 4.31 Å². The molecule has 4 heterocycles. The highest BCUT2D eigenvalue weighted by Gasteiger charge is 2.85. The molecule has 7 aliphatic rings. The largest absolute Gasteiger partial charge is 0.381 e. The van der Waals surface area contributed by atoms with E-state index in [1.807, 2.05) is 27.7 Å². The molecule has 4 aliphatic heterocycles. The van der Waals surface area contributed by atoms with Crippen LogP contribution in [0, 0.1) is 33.0 Å². The van der Waals surface area contributed by atoms with Gasteiger partial charge >= 0.3 is 10.2 Å². The van der Waals surface area contributed by atoms with Gasteiger partial charge in [-0.1, -0.05) is 60.5 Å². The van der Waals surface area contributed by atoms with Crippen molar-refractivity contribution < 1.29 is 37.1 Å². The van der Waals surface area contributed by atoms with Crippen LogP contribution in [-0.4, -0.2) is 127 Å². The number of hydrogen-bond donors (Lipinski definition) is 4. The van der Waals surface area contributed by atoms with E-state index >= 15 is 4.79 Å². The first-order valence-corrected chi connectivity index (χ1v) is 24.5. The molecular formula is C45H73N7O8S. The van der Waals surface area contributed by atoms with Crippen molar-refractivity contribution in [1.29, 1.82) is 0 Å². The van der Waals surface area contributed by atoms with E-state index in [1.54, 1.807) is 11.0 Å². The van der Waals surface area contributed by atoms with Crippen molar-refractivity contribution in [3.63, 3.8) is 0 Å². The molecule has 3 saturated carbocycles. The highest BCUT2D eigenvalue weighted by Crippen LogP contribution is 2.88. The van der Waals surface area contributed by atoms with Gasteiger partial charge in [0.05, 0.1) is 6.04 Å². The molecule has 0 aromatic carbocycles. The van der Waals surface area contributed by atoms with Crippen molar-refractivity contribution >= 4 is 39.7 Å². The summed E-state index contributed by atoms with van der Waals surface area (Å²) in [7, 11) is -4.12. The zero-order valence-corrected chi connectivity index (χ0v) is 38.8. The molecule has 4 N–H and O–H groups in total. The number of nitrogens with one attached hydrogen (secondary N) is 4. The van der Waals surface area contributed by atoms with Gasteiger partial charge in [0.25, 0.3) is 5.91 Å². The molecule has 0 unspecified atom stereocenters. The van der Waals surface area contributed by atoms with Gasteiger partial charge in [-0.05, 0) is 101 Å². The van der Waals surface area contributed by atoms with Gasteiger partial charge in [-0.3, -0.25) is 28.9 Å². The zero-order valence-electron chi connectivity index (χ0n) is 38.0. The Morgan fingerprint density at radius 1 is 0.820 bits per heavy atom. The fourth-order valence-corrected chi connectivity index (χ4v) is 13.7. The molecule has 15 nitrogen and oxygen atoms in total.